The molecule has 0 fully saturated rings. The highest BCUT2D eigenvalue weighted by Gasteiger charge is 2.32. The Morgan fingerprint density at radius 2 is 1.81 bits per heavy atom. The van der Waals surface area contributed by atoms with Gasteiger partial charge in [0.1, 0.15) is 11.6 Å². The van der Waals surface area contributed by atoms with E-state index in [4.69, 9.17) is 10.7 Å². The van der Waals surface area contributed by atoms with Crippen molar-refractivity contribution in [2.75, 3.05) is 13.1 Å². The van der Waals surface area contributed by atoms with Gasteiger partial charge in [-0.1, -0.05) is 56.7 Å². The van der Waals surface area contributed by atoms with Crippen LogP contribution in [0.3, 0.4) is 0 Å². The lowest BCUT2D eigenvalue weighted by molar-refractivity contribution is 0.0605. The number of hydrogen-bond acceptors (Lipinski definition) is 4. The van der Waals surface area contributed by atoms with Crippen LogP contribution in [0.25, 0.3) is 11.0 Å². The number of phenolic OH excluding ortho intramolecular Hbond substituents is 1. The minimum absolute atomic E-state index is 0.0163. The summed E-state index contributed by atoms with van der Waals surface area (Å²) in [4.78, 5) is 21.0. The van der Waals surface area contributed by atoms with E-state index in [9.17, 15) is 9.90 Å². The van der Waals surface area contributed by atoms with Crippen molar-refractivity contribution in [1.29, 1.82) is 0 Å². The Morgan fingerprint density at radius 1 is 1.05 bits per heavy atom. The number of benzene rings is 3. The van der Waals surface area contributed by atoms with Gasteiger partial charge in [0.2, 0.25) is 0 Å². The van der Waals surface area contributed by atoms with Crippen LogP contribution in [-0.4, -0.2) is 38.6 Å². The molecule has 0 radical (unpaired) electrons. The van der Waals surface area contributed by atoms with E-state index in [1.807, 2.05) is 48.2 Å². The zero-order valence-corrected chi connectivity index (χ0v) is 22.3. The van der Waals surface area contributed by atoms with E-state index in [1.54, 1.807) is 12.1 Å². The van der Waals surface area contributed by atoms with E-state index in [-0.39, 0.29) is 23.6 Å². The highest BCUT2D eigenvalue weighted by molar-refractivity contribution is 5.94. The van der Waals surface area contributed by atoms with Crippen LogP contribution < -0.4 is 5.73 Å². The second-order valence-corrected chi connectivity index (χ2v) is 10.1. The average molecular weight is 499 g/mol. The Labute approximate surface area is 219 Å². The van der Waals surface area contributed by atoms with Crippen LogP contribution in [-0.2, 0) is 13.0 Å². The molecule has 0 aliphatic rings. The number of nitrogens with zero attached hydrogens (tertiary/aromatic N) is 3. The molecular weight excluding hydrogens is 460 g/mol. The first-order chi connectivity index (χ1) is 17.8. The maximum Gasteiger partial charge on any atom is 0.254 e. The van der Waals surface area contributed by atoms with Gasteiger partial charge in [0.05, 0.1) is 17.1 Å². The van der Waals surface area contributed by atoms with E-state index in [0.29, 0.717) is 31.6 Å². The SMILES string of the molecule is CCc1ccc2c(c1)nc(C(C(C)C)N(CCCN)C(=O)c1ccc(C)cc1)n2Cc1cccc(O)c1. The summed E-state index contributed by atoms with van der Waals surface area (Å²) in [6.45, 7) is 10.0. The predicted molar refractivity (Wildman–Crippen MR) is 150 cm³/mol. The molecular formula is C31H38N4O2. The minimum Gasteiger partial charge on any atom is -0.508 e. The predicted octanol–water partition coefficient (Wildman–Crippen LogP) is 5.85. The third-order valence-electron chi connectivity index (χ3n) is 6.90. The summed E-state index contributed by atoms with van der Waals surface area (Å²) in [5.74, 6) is 1.17. The van der Waals surface area contributed by atoms with Gasteiger partial charge in [0.25, 0.3) is 5.91 Å². The minimum atomic E-state index is -0.255. The number of carbonyl (C=O) groups is 1. The summed E-state index contributed by atoms with van der Waals surface area (Å²) >= 11 is 0. The number of fused-ring (bicyclic) bond motifs is 1. The van der Waals surface area contributed by atoms with Crippen molar-refractivity contribution >= 4 is 16.9 Å². The summed E-state index contributed by atoms with van der Waals surface area (Å²) in [7, 11) is 0. The lowest BCUT2D eigenvalue weighted by atomic mass is 9.99. The molecule has 0 saturated heterocycles. The quantitative estimate of drug-likeness (QED) is 0.287. The van der Waals surface area contributed by atoms with E-state index in [2.05, 4.69) is 43.5 Å². The molecule has 194 valence electrons. The van der Waals surface area contributed by atoms with Gasteiger partial charge in [0, 0.05) is 18.7 Å². The van der Waals surface area contributed by atoms with Gasteiger partial charge in [0.15, 0.2) is 0 Å². The number of aromatic hydroxyl groups is 1. The third kappa shape index (κ3) is 5.86. The molecule has 1 aromatic heterocycles. The molecule has 1 unspecified atom stereocenters. The summed E-state index contributed by atoms with van der Waals surface area (Å²) < 4.78 is 2.20. The number of nitrogens with two attached hydrogens (primary N) is 1. The average Bonchev–Trinajstić information content (AvgIpc) is 3.22. The van der Waals surface area contributed by atoms with Crippen LogP contribution in [0, 0.1) is 12.8 Å². The Balaban J connectivity index is 1.87. The second-order valence-electron chi connectivity index (χ2n) is 10.1. The molecule has 1 amide bonds. The van der Waals surface area contributed by atoms with Crippen molar-refractivity contribution < 1.29 is 9.90 Å². The van der Waals surface area contributed by atoms with Gasteiger partial charge < -0.3 is 20.3 Å². The maximum absolute atomic E-state index is 13.9. The van der Waals surface area contributed by atoms with E-state index in [1.165, 1.54) is 5.56 Å². The van der Waals surface area contributed by atoms with Crippen LogP contribution in [0.5, 0.6) is 5.75 Å². The first kappa shape index (κ1) is 26.4. The number of hydrogen-bond donors (Lipinski definition) is 2. The normalized spacial score (nSPS) is 12.3. The summed E-state index contributed by atoms with van der Waals surface area (Å²) in [5.41, 5.74) is 11.8. The van der Waals surface area contributed by atoms with Crippen molar-refractivity contribution in [2.45, 2.75) is 53.1 Å². The molecule has 0 aliphatic carbocycles. The fourth-order valence-electron chi connectivity index (χ4n) is 4.93. The van der Waals surface area contributed by atoms with Crippen LogP contribution in [0.1, 0.15) is 66.1 Å². The first-order valence-corrected chi connectivity index (χ1v) is 13.2. The molecule has 0 aliphatic heterocycles. The van der Waals surface area contributed by atoms with E-state index in [0.717, 1.165) is 34.4 Å². The van der Waals surface area contributed by atoms with Crippen molar-refractivity contribution in [2.24, 2.45) is 11.7 Å². The monoisotopic (exact) mass is 498 g/mol. The van der Waals surface area contributed by atoms with Crippen LogP contribution in [0.2, 0.25) is 0 Å². The van der Waals surface area contributed by atoms with Crippen LogP contribution in [0.4, 0.5) is 0 Å². The first-order valence-electron chi connectivity index (χ1n) is 13.2. The van der Waals surface area contributed by atoms with Gasteiger partial charge in [-0.05, 0) is 79.8 Å². The molecule has 4 aromatic rings. The van der Waals surface area contributed by atoms with Gasteiger partial charge in [-0.2, -0.15) is 0 Å². The Kier molecular flexibility index (Phi) is 8.29. The number of amides is 1. The number of aryl methyl sites for hydroxylation is 2. The number of aromatic nitrogens is 2. The maximum atomic E-state index is 13.9. The molecule has 6 nitrogen and oxygen atoms in total. The standard InChI is InChI=1S/C31H38N4O2/c1-5-23-12-15-28-27(19-23)33-30(35(28)20-24-8-6-9-26(36)18-24)29(21(2)3)34(17-7-16-32)31(37)25-13-10-22(4)11-14-25/h6,8-15,18-19,21,29,36H,5,7,16-17,20,32H2,1-4H3. The lowest BCUT2D eigenvalue weighted by Crippen LogP contribution is -2.40. The summed E-state index contributed by atoms with van der Waals surface area (Å²) in [6.07, 6.45) is 1.63. The molecule has 1 atom stereocenters. The Morgan fingerprint density at radius 3 is 2.46 bits per heavy atom. The summed E-state index contributed by atoms with van der Waals surface area (Å²) in [6, 6.07) is 21.2. The van der Waals surface area contributed by atoms with Crippen LogP contribution >= 0.6 is 0 Å². The van der Waals surface area contributed by atoms with Crippen molar-refractivity contribution in [3.05, 3.63) is 94.8 Å². The third-order valence-corrected chi connectivity index (χ3v) is 6.90. The second kappa shape index (κ2) is 11.6. The molecule has 3 aromatic carbocycles. The topological polar surface area (TPSA) is 84.4 Å². The number of imidazole rings is 1. The molecule has 0 saturated carbocycles. The van der Waals surface area contributed by atoms with Crippen molar-refractivity contribution in [3.63, 3.8) is 0 Å². The molecule has 6 heteroatoms. The molecule has 1 heterocycles. The van der Waals surface area contributed by atoms with E-state index >= 15 is 0 Å². The van der Waals surface area contributed by atoms with E-state index < -0.39 is 0 Å². The molecule has 0 bridgehead atoms. The molecule has 4 rings (SSSR count). The number of carbonyl (C=O) groups excluding carboxylic acids is 1. The highest BCUT2D eigenvalue weighted by Crippen LogP contribution is 2.33. The summed E-state index contributed by atoms with van der Waals surface area (Å²) in [5, 5.41) is 10.1. The van der Waals surface area contributed by atoms with Crippen LogP contribution in [0.15, 0.2) is 66.7 Å². The number of rotatable bonds is 10. The Bertz CT molecular complexity index is 1360. The zero-order valence-electron chi connectivity index (χ0n) is 22.3. The lowest BCUT2D eigenvalue weighted by Gasteiger charge is -2.34. The number of phenols is 1. The largest absolute Gasteiger partial charge is 0.508 e. The molecule has 37 heavy (non-hydrogen) atoms. The fraction of sp³-hybridized carbons (Fsp3) is 0.355. The van der Waals surface area contributed by atoms with Gasteiger partial charge in [-0.25, -0.2) is 4.98 Å². The van der Waals surface area contributed by atoms with Crippen molar-refractivity contribution in [1.82, 2.24) is 14.5 Å². The molecule has 3 N–H and O–H groups in total. The Hall–Kier alpha value is -3.64. The van der Waals surface area contributed by atoms with Gasteiger partial charge in [-0.3, -0.25) is 4.79 Å². The zero-order chi connectivity index (χ0) is 26.5. The van der Waals surface area contributed by atoms with Gasteiger partial charge >= 0.3 is 0 Å². The molecule has 0 spiro atoms. The smallest absolute Gasteiger partial charge is 0.254 e. The van der Waals surface area contributed by atoms with Gasteiger partial charge in [-0.15, -0.1) is 0 Å². The van der Waals surface area contributed by atoms with Crippen molar-refractivity contribution in [3.8, 4) is 5.75 Å². The highest BCUT2D eigenvalue weighted by atomic mass is 16.3. The fourth-order valence-corrected chi connectivity index (χ4v) is 4.93.